The Labute approximate surface area is 101 Å². The molecule has 6 heteroatoms. The van der Waals surface area contributed by atoms with Crippen molar-refractivity contribution in [3.8, 4) is 0 Å². The van der Waals surface area contributed by atoms with Gasteiger partial charge in [-0.3, -0.25) is 0 Å². The number of rotatable bonds is 3. The quantitative estimate of drug-likeness (QED) is 0.321. The third-order valence-electron chi connectivity index (χ3n) is 0.500. The average Bonchev–Trinajstić information content (AvgIpc) is 2.43. The van der Waals surface area contributed by atoms with Gasteiger partial charge < -0.3 is 34.4 Å². The van der Waals surface area contributed by atoms with Crippen molar-refractivity contribution in [3.63, 3.8) is 0 Å². The molecule has 0 aromatic rings. The van der Waals surface area contributed by atoms with Gasteiger partial charge in [0.15, 0.2) is 0 Å². The lowest BCUT2D eigenvalue weighted by molar-refractivity contribution is 0.976. The van der Waals surface area contributed by atoms with Crippen molar-refractivity contribution in [3.05, 3.63) is 26.3 Å². The fourth-order valence-corrected chi connectivity index (χ4v) is 0. The van der Waals surface area contributed by atoms with Crippen LogP contribution in [0.2, 0.25) is 0 Å². The maximum absolute atomic E-state index is 4.90. The molecule has 0 atom stereocenters. The molecule has 0 saturated carbocycles. The van der Waals surface area contributed by atoms with Crippen LogP contribution in [-0.4, -0.2) is 39.3 Å². The molecule has 0 aliphatic heterocycles. The molecular weight excluding hydrogens is 204 g/mol. The second-order valence-corrected chi connectivity index (χ2v) is 1.73. The highest BCUT2D eigenvalue weighted by Crippen LogP contribution is 1.25. The summed E-state index contributed by atoms with van der Waals surface area (Å²) in [6, 6.07) is 0. The molecule has 0 rings (SSSR count). The predicted molar refractivity (Wildman–Crippen MR) is 76.8 cm³/mol. The van der Waals surface area contributed by atoms with Gasteiger partial charge in [0.2, 0.25) is 0 Å². The van der Waals surface area contributed by atoms with Gasteiger partial charge >= 0.3 is 0 Å². The fourth-order valence-electron chi connectivity index (χ4n) is 0. The summed E-state index contributed by atoms with van der Waals surface area (Å²) in [4.78, 5) is 0. The molecule has 0 saturated heterocycles. The zero-order valence-corrected chi connectivity index (χ0v) is 10.5. The molecular formula is C10H32N6. The molecule has 0 unspecified atom stereocenters. The second-order valence-electron chi connectivity index (χ2n) is 1.73. The minimum Gasteiger partial charge on any atom is -0.329 e. The van der Waals surface area contributed by atoms with Gasteiger partial charge in [-0.1, -0.05) is 0 Å². The third-order valence-corrected chi connectivity index (χ3v) is 0.500. The van der Waals surface area contributed by atoms with Gasteiger partial charge in [0.05, 0.1) is 0 Å². The van der Waals surface area contributed by atoms with Crippen LogP contribution in [0.25, 0.3) is 0 Å². The molecule has 0 aliphatic rings. The molecule has 0 heterocycles. The fraction of sp³-hybridized carbons (Fsp3) is 0.600. The maximum Gasteiger partial charge on any atom is 0.00461 e. The number of nitrogens with two attached hydrogens (primary N) is 6. The van der Waals surface area contributed by atoms with Crippen LogP contribution in [-0.2, 0) is 0 Å². The zero-order valence-electron chi connectivity index (χ0n) is 10.5. The lowest BCUT2D eigenvalue weighted by Gasteiger charge is -1.72. The first-order valence-corrected chi connectivity index (χ1v) is 4.95. The topological polar surface area (TPSA) is 156 Å². The third kappa shape index (κ3) is 395. The molecule has 0 amide bonds. The maximum atomic E-state index is 4.90. The minimum absolute atomic E-state index is 0.597. The summed E-state index contributed by atoms with van der Waals surface area (Å²) in [6.45, 7) is 15.6. The first-order valence-electron chi connectivity index (χ1n) is 4.95. The Bertz CT molecular complexity index is 45.8. The lowest BCUT2D eigenvalue weighted by Crippen LogP contribution is -2.11. The Morgan fingerprint density at radius 1 is 0.375 bits per heavy atom. The van der Waals surface area contributed by atoms with Gasteiger partial charge in [-0.2, -0.15) is 0 Å². The van der Waals surface area contributed by atoms with E-state index in [2.05, 4.69) is 26.3 Å². The van der Waals surface area contributed by atoms with E-state index in [0.29, 0.717) is 39.3 Å². The van der Waals surface area contributed by atoms with Crippen LogP contribution in [0.15, 0.2) is 26.3 Å². The summed E-state index contributed by atoms with van der Waals surface area (Å²) >= 11 is 0. The van der Waals surface area contributed by atoms with E-state index in [-0.39, 0.29) is 0 Å². The van der Waals surface area contributed by atoms with E-state index >= 15 is 0 Å². The summed E-state index contributed by atoms with van der Waals surface area (Å²) in [5, 5.41) is 0. The molecule has 0 fully saturated rings. The normalized spacial score (nSPS) is 6.12. The van der Waals surface area contributed by atoms with Gasteiger partial charge in [-0.25, -0.2) is 0 Å². The highest BCUT2D eigenvalue weighted by molar-refractivity contribution is 4.26. The van der Waals surface area contributed by atoms with Crippen molar-refractivity contribution in [1.29, 1.82) is 0 Å². The van der Waals surface area contributed by atoms with Gasteiger partial charge in [0.25, 0.3) is 0 Å². The molecule has 0 aromatic heterocycles. The molecule has 0 bridgehead atoms. The van der Waals surface area contributed by atoms with E-state index in [1.807, 2.05) is 0 Å². The molecule has 0 spiro atoms. The first kappa shape index (κ1) is 29.5. The van der Waals surface area contributed by atoms with Crippen LogP contribution in [0, 0.1) is 0 Å². The Morgan fingerprint density at radius 2 is 0.438 bits per heavy atom. The summed E-state index contributed by atoms with van der Waals surface area (Å²) in [5.41, 5.74) is 29.4. The van der Waals surface area contributed by atoms with Crippen LogP contribution in [0.4, 0.5) is 0 Å². The van der Waals surface area contributed by atoms with Crippen LogP contribution in [0.3, 0.4) is 0 Å². The van der Waals surface area contributed by atoms with Gasteiger partial charge in [-0.05, 0) is 0 Å². The number of hydrogen-bond donors (Lipinski definition) is 6. The molecule has 16 heavy (non-hydrogen) atoms. The van der Waals surface area contributed by atoms with Crippen molar-refractivity contribution < 1.29 is 0 Å². The highest BCUT2D eigenvalue weighted by atomic mass is 14.6. The van der Waals surface area contributed by atoms with Crippen LogP contribution in [0.1, 0.15) is 0 Å². The molecule has 102 valence electrons. The van der Waals surface area contributed by atoms with Crippen molar-refractivity contribution in [2.24, 2.45) is 34.4 Å². The van der Waals surface area contributed by atoms with Crippen molar-refractivity contribution >= 4 is 0 Å². The standard InChI is InChI=1S/3C2H8N2.2C2H4/c3*3-1-2-4;2*1-2/h3*1-4H2;2*1-2H2. The van der Waals surface area contributed by atoms with Crippen molar-refractivity contribution in [1.82, 2.24) is 0 Å². The molecule has 6 nitrogen and oxygen atoms in total. The van der Waals surface area contributed by atoms with Gasteiger partial charge in [0, 0.05) is 39.3 Å². The molecule has 12 N–H and O–H groups in total. The molecule has 0 aliphatic carbocycles. The summed E-state index contributed by atoms with van der Waals surface area (Å²) < 4.78 is 0. The van der Waals surface area contributed by atoms with Gasteiger partial charge in [-0.15, -0.1) is 26.3 Å². The minimum atomic E-state index is 0.597. The predicted octanol–water partition coefficient (Wildman–Crippen LogP) is -1.68. The molecule has 0 radical (unpaired) electrons. The van der Waals surface area contributed by atoms with E-state index in [9.17, 15) is 0 Å². The molecule has 0 aromatic carbocycles. The van der Waals surface area contributed by atoms with Crippen LogP contribution >= 0.6 is 0 Å². The van der Waals surface area contributed by atoms with Gasteiger partial charge in [0.1, 0.15) is 0 Å². The Hall–Kier alpha value is -0.760. The SMILES string of the molecule is C=C.C=C.NCCN.NCCN.NCCN. The van der Waals surface area contributed by atoms with E-state index in [4.69, 9.17) is 34.4 Å². The Kier molecular flexibility index (Phi) is 167. The largest absolute Gasteiger partial charge is 0.329 e. The smallest absolute Gasteiger partial charge is 0.00461 e. The van der Waals surface area contributed by atoms with Crippen LogP contribution < -0.4 is 34.4 Å². The summed E-state index contributed by atoms with van der Waals surface area (Å²) in [7, 11) is 0. The highest BCUT2D eigenvalue weighted by Gasteiger charge is 1.55. The van der Waals surface area contributed by atoms with E-state index in [0.717, 1.165) is 0 Å². The van der Waals surface area contributed by atoms with Crippen molar-refractivity contribution in [2.45, 2.75) is 0 Å². The summed E-state index contributed by atoms with van der Waals surface area (Å²) in [6.07, 6.45) is 0. The lowest BCUT2D eigenvalue weighted by atomic mass is 10.7. The zero-order chi connectivity index (χ0) is 14.2. The Balaban J connectivity index is -0.0000000327. The van der Waals surface area contributed by atoms with E-state index < -0.39 is 0 Å². The number of hydrogen-bond acceptors (Lipinski definition) is 6. The van der Waals surface area contributed by atoms with E-state index in [1.165, 1.54) is 0 Å². The Morgan fingerprint density at radius 3 is 0.438 bits per heavy atom. The first-order chi connectivity index (χ1) is 7.74. The monoisotopic (exact) mass is 236 g/mol. The van der Waals surface area contributed by atoms with Crippen LogP contribution in [0.5, 0.6) is 0 Å². The van der Waals surface area contributed by atoms with Crippen molar-refractivity contribution in [2.75, 3.05) is 39.3 Å². The second kappa shape index (κ2) is 90.9. The average molecular weight is 236 g/mol. The van der Waals surface area contributed by atoms with E-state index in [1.54, 1.807) is 0 Å². The summed E-state index contributed by atoms with van der Waals surface area (Å²) in [5.74, 6) is 0.